The van der Waals surface area contributed by atoms with Gasteiger partial charge in [0.2, 0.25) is 0 Å². The Labute approximate surface area is 125 Å². The van der Waals surface area contributed by atoms with E-state index in [1.54, 1.807) is 7.11 Å². The van der Waals surface area contributed by atoms with E-state index >= 15 is 0 Å². The molecular formula is C16H23NO4. The summed E-state index contributed by atoms with van der Waals surface area (Å²) in [6.45, 7) is 3.20. The van der Waals surface area contributed by atoms with Gasteiger partial charge in [0.15, 0.2) is 0 Å². The highest BCUT2D eigenvalue weighted by Gasteiger charge is 2.30. The molecule has 1 heterocycles. The molecular weight excluding hydrogens is 270 g/mol. The predicted octanol–water partition coefficient (Wildman–Crippen LogP) is 1.55. The number of ether oxygens (including phenoxy) is 2. The summed E-state index contributed by atoms with van der Waals surface area (Å²) in [5.74, 6) is -0.760. The number of aliphatic carboxylic acids is 1. The number of nitrogens with zero attached hydrogens (tertiary/aromatic N) is 1. The van der Waals surface area contributed by atoms with Gasteiger partial charge in [-0.05, 0) is 24.0 Å². The third-order valence-electron chi connectivity index (χ3n) is 3.79. The van der Waals surface area contributed by atoms with Gasteiger partial charge < -0.3 is 14.6 Å². The summed E-state index contributed by atoms with van der Waals surface area (Å²) in [6.07, 6.45) is 1.43. The van der Waals surface area contributed by atoms with Crippen LogP contribution in [0.5, 0.6) is 0 Å². The number of carboxylic acids is 1. The maximum atomic E-state index is 11.4. The summed E-state index contributed by atoms with van der Waals surface area (Å²) >= 11 is 0. The van der Waals surface area contributed by atoms with Crippen molar-refractivity contribution in [3.05, 3.63) is 35.4 Å². The number of carboxylic acid groups (broad SMARTS) is 1. The second-order valence-electron chi connectivity index (χ2n) is 5.26. The van der Waals surface area contributed by atoms with Crippen LogP contribution in [0.15, 0.2) is 24.3 Å². The van der Waals surface area contributed by atoms with Crippen LogP contribution < -0.4 is 0 Å². The van der Waals surface area contributed by atoms with Crippen LogP contribution in [0.25, 0.3) is 0 Å². The topological polar surface area (TPSA) is 59.0 Å². The van der Waals surface area contributed by atoms with Gasteiger partial charge in [0.05, 0.1) is 6.61 Å². The van der Waals surface area contributed by atoms with Gasteiger partial charge in [-0.15, -0.1) is 0 Å². The zero-order valence-corrected chi connectivity index (χ0v) is 12.5. The van der Waals surface area contributed by atoms with E-state index in [2.05, 4.69) is 6.07 Å². The highest BCUT2D eigenvalue weighted by atomic mass is 16.5. The van der Waals surface area contributed by atoms with Crippen LogP contribution in [0.1, 0.15) is 17.5 Å². The maximum absolute atomic E-state index is 11.4. The Hall–Kier alpha value is -1.43. The zero-order valence-electron chi connectivity index (χ0n) is 12.5. The van der Waals surface area contributed by atoms with Crippen molar-refractivity contribution >= 4 is 5.97 Å². The normalized spacial score (nSPS) is 18.4. The maximum Gasteiger partial charge on any atom is 0.321 e. The summed E-state index contributed by atoms with van der Waals surface area (Å²) in [6, 6.07) is 7.59. The van der Waals surface area contributed by atoms with Crippen molar-refractivity contribution in [1.82, 2.24) is 4.90 Å². The Morgan fingerprint density at radius 3 is 2.76 bits per heavy atom. The summed E-state index contributed by atoms with van der Waals surface area (Å²) in [5, 5.41) is 9.41. The molecule has 1 unspecified atom stereocenters. The van der Waals surface area contributed by atoms with E-state index in [-0.39, 0.29) is 0 Å². The Morgan fingerprint density at radius 1 is 1.29 bits per heavy atom. The lowest BCUT2D eigenvalue weighted by atomic mass is 9.94. The molecule has 1 aromatic rings. The Bertz CT molecular complexity index is 463. The minimum absolute atomic E-state index is 0.456. The molecule has 0 radical (unpaired) electrons. The molecule has 1 atom stereocenters. The minimum atomic E-state index is -0.760. The zero-order chi connectivity index (χ0) is 15.1. The van der Waals surface area contributed by atoms with Crippen molar-refractivity contribution < 1.29 is 19.4 Å². The molecule has 1 aliphatic heterocycles. The monoisotopic (exact) mass is 293 g/mol. The molecule has 0 aliphatic carbocycles. The van der Waals surface area contributed by atoms with Gasteiger partial charge >= 0.3 is 5.97 Å². The molecule has 2 rings (SSSR count). The lowest BCUT2D eigenvalue weighted by Crippen LogP contribution is -2.46. The molecule has 0 spiro atoms. The summed E-state index contributed by atoms with van der Waals surface area (Å²) in [7, 11) is 1.67. The molecule has 0 bridgehead atoms. The first-order valence-corrected chi connectivity index (χ1v) is 7.32. The second-order valence-corrected chi connectivity index (χ2v) is 5.26. The van der Waals surface area contributed by atoms with E-state index in [1.165, 1.54) is 5.56 Å². The highest BCUT2D eigenvalue weighted by Crippen LogP contribution is 2.23. The average molecular weight is 293 g/mol. The van der Waals surface area contributed by atoms with Gasteiger partial charge in [-0.25, -0.2) is 0 Å². The standard InChI is InChI=1S/C16H23NO4/c1-20-8-4-9-21-10-7-17-12-14-6-3-2-5-13(14)11-15(17)16(18)19/h2-3,5-6,15H,4,7-12H2,1H3,(H,18,19). The molecule has 5 heteroatoms. The largest absolute Gasteiger partial charge is 0.480 e. The Morgan fingerprint density at radius 2 is 2.05 bits per heavy atom. The molecule has 1 aromatic carbocycles. The quantitative estimate of drug-likeness (QED) is 0.737. The highest BCUT2D eigenvalue weighted by molar-refractivity contribution is 5.74. The average Bonchev–Trinajstić information content (AvgIpc) is 2.49. The van der Waals surface area contributed by atoms with Crippen molar-refractivity contribution in [2.75, 3.05) is 33.5 Å². The van der Waals surface area contributed by atoms with Gasteiger partial charge in [0.25, 0.3) is 0 Å². The third kappa shape index (κ3) is 4.52. The van der Waals surface area contributed by atoms with Crippen LogP contribution in [0.3, 0.4) is 0 Å². The number of benzene rings is 1. The number of fused-ring (bicyclic) bond motifs is 1. The van der Waals surface area contributed by atoms with E-state index in [4.69, 9.17) is 9.47 Å². The molecule has 116 valence electrons. The first-order chi connectivity index (χ1) is 10.2. The lowest BCUT2D eigenvalue weighted by Gasteiger charge is -2.34. The molecule has 0 aromatic heterocycles. The lowest BCUT2D eigenvalue weighted by molar-refractivity contribution is -0.144. The van der Waals surface area contributed by atoms with Gasteiger partial charge in [-0.3, -0.25) is 9.69 Å². The first kappa shape index (κ1) is 15.9. The number of carbonyl (C=O) groups is 1. The molecule has 0 fully saturated rings. The van der Waals surface area contributed by atoms with E-state index in [0.29, 0.717) is 39.3 Å². The number of hydrogen-bond donors (Lipinski definition) is 1. The Kier molecular flexibility index (Phi) is 6.17. The van der Waals surface area contributed by atoms with Crippen molar-refractivity contribution in [1.29, 1.82) is 0 Å². The molecule has 0 amide bonds. The number of hydrogen-bond acceptors (Lipinski definition) is 4. The van der Waals surface area contributed by atoms with Gasteiger partial charge in [-0.1, -0.05) is 24.3 Å². The molecule has 5 nitrogen and oxygen atoms in total. The van der Waals surface area contributed by atoms with Crippen molar-refractivity contribution in [2.24, 2.45) is 0 Å². The van der Waals surface area contributed by atoms with Crippen molar-refractivity contribution in [3.8, 4) is 0 Å². The number of methoxy groups -OCH3 is 1. The van der Waals surface area contributed by atoms with E-state index in [9.17, 15) is 9.90 Å². The second kappa shape index (κ2) is 8.12. The van der Waals surface area contributed by atoms with E-state index < -0.39 is 12.0 Å². The van der Waals surface area contributed by atoms with Crippen molar-refractivity contribution in [2.45, 2.75) is 25.4 Å². The van der Waals surface area contributed by atoms with E-state index in [0.717, 1.165) is 12.0 Å². The van der Waals surface area contributed by atoms with Gasteiger partial charge in [0, 0.05) is 33.4 Å². The SMILES string of the molecule is COCCCOCCN1Cc2ccccc2CC1C(=O)O. The van der Waals surface area contributed by atoms with Gasteiger partial charge in [-0.2, -0.15) is 0 Å². The third-order valence-corrected chi connectivity index (χ3v) is 3.79. The molecule has 0 saturated heterocycles. The van der Waals surface area contributed by atoms with Gasteiger partial charge in [0.1, 0.15) is 6.04 Å². The first-order valence-electron chi connectivity index (χ1n) is 7.32. The number of rotatable bonds is 8. The smallest absolute Gasteiger partial charge is 0.321 e. The fraction of sp³-hybridized carbons (Fsp3) is 0.562. The van der Waals surface area contributed by atoms with Crippen LogP contribution in [0.2, 0.25) is 0 Å². The summed E-state index contributed by atoms with van der Waals surface area (Å²) in [4.78, 5) is 13.4. The van der Waals surface area contributed by atoms with Crippen LogP contribution in [0, 0.1) is 0 Å². The molecule has 1 N–H and O–H groups in total. The minimum Gasteiger partial charge on any atom is -0.480 e. The van der Waals surface area contributed by atoms with Crippen LogP contribution >= 0.6 is 0 Å². The van der Waals surface area contributed by atoms with Crippen LogP contribution in [0.4, 0.5) is 0 Å². The summed E-state index contributed by atoms with van der Waals surface area (Å²) < 4.78 is 10.5. The van der Waals surface area contributed by atoms with Crippen LogP contribution in [-0.2, 0) is 27.2 Å². The van der Waals surface area contributed by atoms with Crippen molar-refractivity contribution in [3.63, 3.8) is 0 Å². The fourth-order valence-corrected chi connectivity index (χ4v) is 2.64. The fourth-order valence-electron chi connectivity index (χ4n) is 2.64. The van der Waals surface area contributed by atoms with E-state index in [1.807, 2.05) is 23.1 Å². The van der Waals surface area contributed by atoms with Crippen LogP contribution in [-0.4, -0.2) is 55.5 Å². The molecule has 21 heavy (non-hydrogen) atoms. The molecule has 0 saturated carbocycles. The molecule has 1 aliphatic rings. The predicted molar refractivity (Wildman–Crippen MR) is 79.3 cm³/mol. The summed E-state index contributed by atoms with van der Waals surface area (Å²) in [5.41, 5.74) is 2.36. The Balaban J connectivity index is 1.87.